The quantitative estimate of drug-likeness (QED) is 0.634. The summed E-state index contributed by atoms with van der Waals surface area (Å²) in [5, 5.41) is 9.05. The van der Waals surface area contributed by atoms with Crippen molar-refractivity contribution in [1.82, 2.24) is 4.90 Å². The minimum absolute atomic E-state index is 0.118. The highest BCUT2D eigenvalue weighted by Gasteiger charge is 2.32. The summed E-state index contributed by atoms with van der Waals surface area (Å²) in [7, 11) is 0. The van der Waals surface area contributed by atoms with Crippen LogP contribution in [0.25, 0.3) is 0 Å². The second-order valence-corrected chi connectivity index (χ2v) is 5.65. The summed E-state index contributed by atoms with van der Waals surface area (Å²) in [4.78, 5) is 24.7. The Bertz CT molecular complexity index is 397. The van der Waals surface area contributed by atoms with Crippen LogP contribution in [0.4, 0.5) is 4.79 Å². The number of rotatable bonds is 4. The van der Waals surface area contributed by atoms with E-state index in [1.165, 1.54) is 6.08 Å². The van der Waals surface area contributed by atoms with Crippen molar-refractivity contribution in [2.24, 2.45) is 0 Å². The molecule has 1 atom stereocenters. The van der Waals surface area contributed by atoms with E-state index >= 15 is 0 Å². The predicted octanol–water partition coefficient (Wildman–Crippen LogP) is 2.39. The zero-order valence-corrected chi connectivity index (χ0v) is 12.5. The third-order valence-corrected chi connectivity index (χ3v) is 2.78. The molecule has 6 nitrogen and oxygen atoms in total. The molecule has 0 aromatic heterocycles. The average Bonchev–Trinajstić information content (AvgIpc) is 2.74. The fraction of sp³-hybridized carbons (Fsp3) is 0.714. The van der Waals surface area contributed by atoms with E-state index < -0.39 is 17.7 Å². The first kappa shape index (κ1) is 16.3. The highest BCUT2D eigenvalue weighted by molar-refractivity contribution is 5.84. The van der Waals surface area contributed by atoms with Crippen LogP contribution in [0.2, 0.25) is 0 Å². The van der Waals surface area contributed by atoms with Crippen molar-refractivity contribution in [3.63, 3.8) is 0 Å². The van der Waals surface area contributed by atoms with E-state index in [0.29, 0.717) is 13.0 Å². The SMILES string of the molecule is CCO/C(=C/C1CCCN1C(=O)OC(C)(C)C)C(=O)O. The van der Waals surface area contributed by atoms with Gasteiger partial charge in [0.2, 0.25) is 5.76 Å². The number of hydrogen-bond donors (Lipinski definition) is 1. The van der Waals surface area contributed by atoms with E-state index in [-0.39, 0.29) is 18.4 Å². The van der Waals surface area contributed by atoms with Gasteiger partial charge in [-0.3, -0.25) is 0 Å². The van der Waals surface area contributed by atoms with Gasteiger partial charge in [0.05, 0.1) is 12.6 Å². The molecule has 20 heavy (non-hydrogen) atoms. The molecule has 1 aliphatic rings. The van der Waals surface area contributed by atoms with E-state index in [9.17, 15) is 9.59 Å². The minimum Gasteiger partial charge on any atom is -0.487 e. The number of carboxylic acid groups (broad SMARTS) is 1. The molecule has 1 unspecified atom stereocenters. The molecule has 0 spiro atoms. The number of hydrogen-bond acceptors (Lipinski definition) is 4. The van der Waals surface area contributed by atoms with Crippen molar-refractivity contribution < 1.29 is 24.2 Å². The van der Waals surface area contributed by atoms with Crippen LogP contribution in [0.15, 0.2) is 11.8 Å². The van der Waals surface area contributed by atoms with Crippen LogP contribution in [0.5, 0.6) is 0 Å². The maximum Gasteiger partial charge on any atom is 0.410 e. The number of carboxylic acids is 1. The van der Waals surface area contributed by atoms with Crippen molar-refractivity contribution in [3.05, 3.63) is 11.8 Å². The number of carbonyl (C=O) groups is 2. The first-order valence-corrected chi connectivity index (χ1v) is 6.82. The number of carbonyl (C=O) groups excluding carboxylic acids is 1. The molecule has 1 rings (SSSR count). The normalized spacial score (nSPS) is 19.9. The highest BCUT2D eigenvalue weighted by atomic mass is 16.6. The molecular weight excluding hydrogens is 262 g/mol. The molecule has 1 N–H and O–H groups in total. The highest BCUT2D eigenvalue weighted by Crippen LogP contribution is 2.22. The smallest absolute Gasteiger partial charge is 0.410 e. The van der Waals surface area contributed by atoms with Gasteiger partial charge in [0.25, 0.3) is 0 Å². The Balaban J connectivity index is 2.81. The zero-order valence-electron chi connectivity index (χ0n) is 12.5. The van der Waals surface area contributed by atoms with Gasteiger partial charge in [0.1, 0.15) is 5.60 Å². The lowest BCUT2D eigenvalue weighted by Gasteiger charge is -2.27. The third kappa shape index (κ3) is 4.75. The van der Waals surface area contributed by atoms with Crippen LogP contribution < -0.4 is 0 Å². The number of likely N-dealkylation sites (tertiary alicyclic amines) is 1. The second kappa shape index (κ2) is 6.63. The molecule has 1 fully saturated rings. The first-order valence-electron chi connectivity index (χ1n) is 6.82. The van der Waals surface area contributed by atoms with E-state index in [0.717, 1.165) is 6.42 Å². The molecular formula is C14H23NO5. The Morgan fingerprint density at radius 3 is 2.55 bits per heavy atom. The molecule has 1 amide bonds. The van der Waals surface area contributed by atoms with Crippen molar-refractivity contribution >= 4 is 12.1 Å². The Hall–Kier alpha value is -1.72. The lowest BCUT2D eigenvalue weighted by molar-refractivity contribution is -0.136. The fourth-order valence-electron chi connectivity index (χ4n) is 2.02. The zero-order chi connectivity index (χ0) is 15.3. The van der Waals surface area contributed by atoms with Crippen LogP contribution in [0.3, 0.4) is 0 Å². The van der Waals surface area contributed by atoms with E-state index in [1.807, 2.05) is 0 Å². The molecule has 114 valence electrons. The Kier molecular flexibility index (Phi) is 5.42. The van der Waals surface area contributed by atoms with Crippen molar-refractivity contribution in [2.75, 3.05) is 13.2 Å². The average molecular weight is 285 g/mol. The predicted molar refractivity (Wildman–Crippen MR) is 73.3 cm³/mol. The van der Waals surface area contributed by atoms with Crippen LogP contribution in [-0.4, -0.2) is 46.9 Å². The number of nitrogens with zero attached hydrogens (tertiary/aromatic N) is 1. The minimum atomic E-state index is -1.12. The third-order valence-electron chi connectivity index (χ3n) is 2.78. The molecule has 1 saturated heterocycles. The van der Waals surface area contributed by atoms with E-state index in [4.69, 9.17) is 14.6 Å². The van der Waals surface area contributed by atoms with Gasteiger partial charge in [0, 0.05) is 6.54 Å². The largest absolute Gasteiger partial charge is 0.487 e. The van der Waals surface area contributed by atoms with Crippen molar-refractivity contribution in [2.45, 2.75) is 52.2 Å². The monoisotopic (exact) mass is 285 g/mol. The van der Waals surface area contributed by atoms with Gasteiger partial charge in [-0.25, -0.2) is 9.59 Å². The molecule has 0 bridgehead atoms. The number of aliphatic carboxylic acids is 1. The summed E-state index contributed by atoms with van der Waals surface area (Å²) in [6.07, 6.45) is 2.60. The standard InChI is InChI=1S/C14H23NO5/c1-5-19-11(12(16)17)9-10-7-6-8-15(10)13(18)20-14(2,3)4/h9-10H,5-8H2,1-4H3,(H,16,17)/b11-9+. The Morgan fingerprint density at radius 2 is 2.05 bits per heavy atom. The second-order valence-electron chi connectivity index (χ2n) is 5.65. The van der Waals surface area contributed by atoms with Gasteiger partial charge in [-0.05, 0) is 46.6 Å². The summed E-state index contributed by atoms with van der Waals surface area (Å²) >= 11 is 0. The van der Waals surface area contributed by atoms with Gasteiger partial charge in [0.15, 0.2) is 0 Å². The van der Waals surface area contributed by atoms with Crippen LogP contribution in [0, 0.1) is 0 Å². The molecule has 0 saturated carbocycles. The molecule has 1 aliphatic heterocycles. The Labute approximate surface area is 119 Å². The van der Waals surface area contributed by atoms with E-state index in [2.05, 4.69) is 0 Å². The van der Waals surface area contributed by atoms with Crippen LogP contribution >= 0.6 is 0 Å². The molecule has 0 aromatic carbocycles. The fourth-order valence-corrected chi connectivity index (χ4v) is 2.02. The van der Waals surface area contributed by atoms with Gasteiger partial charge in [-0.15, -0.1) is 0 Å². The lowest BCUT2D eigenvalue weighted by Crippen LogP contribution is -2.39. The molecule has 0 aliphatic carbocycles. The summed E-state index contributed by atoms with van der Waals surface area (Å²) in [5.41, 5.74) is -0.566. The first-order chi connectivity index (χ1) is 9.24. The summed E-state index contributed by atoms with van der Waals surface area (Å²) in [5.74, 6) is -1.24. The molecule has 0 radical (unpaired) electrons. The van der Waals surface area contributed by atoms with Crippen molar-refractivity contribution in [3.8, 4) is 0 Å². The maximum atomic E-state index is 12.1. The van der Waals surface area contributed by atoms with Crippen LogP contribution in [0.1, 0.15) is 40.5 Å². The van der Waals surface area contributed by atoms with Gasteiger partial charge >= 0.3 is 12.1 Å². The number of amides is 1. The molecule has 6 heteroatoms. The van der Waals surface area contributed by atoms with Gasteiger partial charge in [-0.1, -0.05) is 0 Å². The van der Waals surface area contributed by atoms with Gasteiger partial charge in [-0.2, -0.15) is 0 Å². The van der Waals surface area contributed by atoms with Crippen molar-refractivity contribution in [1.29, 1.82) is 0 Å². The molecule has 0 aromatic rings. The number of ether oxygens (including phenoxy) is 2. The van der Waals surface area contributed by atoms with Gasteiger partial charge < -0.3 is 19.5 Å². The molecule has 1 heterocycles. The van der Waals surface area contributed by atoms with E-state index in [1.54, 1.807) is 32.6 Å². The Morgan fingerprint density at radius 1 is 1.40 bits per heavy atom. The lowest BCUT2D eigenvalue weighted by atomic mass is 10.2. The van der Waals surface area contributed by atoms with Crippen LogP contribution in [-0.2, 0) is 14.3 Å². The summed E-state index contributed by atoms with van der Waals surface area (Å²) in [6, 6.07) is -0.289. The topological polar surface area (TPSA) is 76.1 Å². The summed E-state index contributed by atoms with van der Waals surface area (Å²) in [6.45, 7) is 7.96. The summed E-state index contributed by atoms with van der Waals surface area (Å²) < 4.78 is 10.4. The maximum absolute atomic E-state index is 12.1.